The Morgan fingerprint density at radius 2 is 1.91 bits per heavy atom. The third kappa shape index (κ3) is 3.14. The van der Waals surface area contributed by atoms with Crippen LogP contribution < -0.4 is 5.32 Å². The second-order valence-electron chi connectivity index (χ2n) is 5.31. The monoisotopic (exact) mass is 290 g/mol. The van der Waals surface area contributed by atoms with Crippen LogP contribution in [0.5, 0.6) is 0 Å². The van der Waals surface area contributed by atoms with Gasteiger partial charge < -0.3 is 5.32 Å². The zero-order valence-electron chi connectivity index (χ0n) is 12.5. The second-order valence-corrected chi connectivity index (χ2v) is 5.31. The van der Waals surface area contributed by atoms with Gasteiger partial charge in [-0.3, -0.25) is 9.78 Å². The summed E-state index contributed by atoms with van der Waals surface area (Å²) in [5.74, 6) is -0.115. The van der Waals surface area contributed by atoms with E-state index in [0.29, 0.717) is 5.56 Å². The van der Waals surface area contributed by atoms with Gasteiger partial charge in [-0.05, 0) is 42.3 Å². The first-order valence-corrected chi connectivity index (χ1v) is 7.51. The normalized spacial score (nSPS) is 10.6. The summed E-state index contributed by atoms with van der Waals surface area (Å²) in [5.41, 5.74) is 3.54. The molecular formula is C19H18N2O. The Hall–Kier alpha value is -2.68. The van der Waals surface area contributed by atoms with Crippen LogP contribution in [-0.4, -0.2) is 10.9 Å². The molecule has 0 fully saturated rings. The lowest BCUT2D eigenvalue weighted by Gasteiger charge is -2.07. The first kappa shape index (κ1) is 14.3. The molecule has 0 aliphatic heterocycles. The smallest absolute Gasteiger partial charge is 0.255 e. The number of carbonyl (C=O) groups excluding carboxylic acids is 1. The quantitative estimate of drug-likeness (QED) is 0.772. The highest BCUT2D eigenvalue weighted by molar-refractivity contribution is 6.06. The van der Waals surface area contributed by atoms with Crippen molar-refractivity contribution in [2.75, 3.05) is 5.32 Å². The van der Waals surface area contributed by atoms with Gasteiger partial charge in [0.05, 0.1) is 5.52 Å². The number of rotatable bonds is 4. The summed E-state index contributed by atoms with van der Waals surface area (Å²) in [4.78, 5) is 16.6. The molecule has 0 aliphatic rings. The maximum atomic E-state index is 12.3. The predicted octanol–water partition coefficient (Wildman–Crippen LogP) is 4.44. The number of aromatic nitrogens is 1. The maximum absolute atomic E-state index is 12.3. The van der Waals surface area contributed by atoms with E-state index in [1.54, 1.807) is 6.20 Å². The molecule has 3 heteroatoms. The second kappa shape index (κ2) is 6.39. The minimum atomic E-state index is -0.115. The van der Waals surface area contributed by atoms with E-state index >= 15 is 0 Å². The highest BCUT2D eigenvalue weighted by Crippen LogP contribution is 2.16. The third-order valence-electron chi connectivity index (χ3n) is 3.62. The van der Waals surface area contributed by atoms with Crippen LogP contribution in [0.4, 0.5) is 5.69 Å². The molecule has 2 aromatic carbocycles. The van der Waals surface area contributed by atoms with Gasteiger partial charge in [-0.15, -0.1) is 0 Å². The molecule has 3 rings (SSSR count). The molecular weight excluding hydrogens is 272 g/mol. The molecule has 110 valence electrons. The van der Waals surface area contributed by atoms with Crippen molar-refractivity contribution >= 4 is 22.5 Å². The van der Waals surface area contributed by atoms with Crippen LogP contribution in [0.15, 0.2) is 60.8 Å². The summed E-state index contributed by atoms with van der Waals surface area (Å²) < 4.78 is 0. The Balaban J connectivity index is 1.77. The maximum Gasteiger partial charge on any atom is 0.255 e. The van der Waals surface area contributed by atoms with Crippen molar-refractivity contribution in [2.45, 2.75) is 19.8 Å². The Kier molecular flexibility index (Phi) is 4.15. The van der Waals surface area contributed by atoms with Gasteiger partial charge in [0.1, 0.15) is 0 Å². The van der Waals surface area contributed by atoms with Crippen LogP contribution in [0.1, 0.15) is 29.3 Å². The van der Waals surface area contributed by atoms with Gasteiger partial charge in [0.15, 0.2) is 0 Å². The van der Waals surface area contributed by atoms with Crippen LogP contribution in [0.2, 0.25) is 0 Å². The van der Waals surface area contributed by atoms with Crippen molar-refractivity contribution in [3.05, 3.63) is 71.9 Å². The van der Waals surface area contributed by atoms with Crippen molar-refractivity contribution in [1.82, 2.24) is 4.98 Å². The average molecular weight is 290 g/mol. The number of benzene rings is 2. The summed E-state index contributed by atoms with van der Waals surface area (Å²) in [6.07, 6.45) is 3.91. The van der Waals surface area contributed by atoms with Crippen LogP contribution in [0.25, 0.3) is 10.9 Å². The van der Waals surface area contributed by atoms with E-state index in [1.165, 1.54) is 5.56 Å². The Morgan fingerprint density at radius 1 is 1.09 bits per heavy atom. The molecule has 1 aromatic heterocycles. The molecule has 0 unspecified atom stereocenters. The van der Waals surface area contributed by atoms with E-state index in [1.807, 2.05) is 42.5 Å². The lowest BCUT2D eigenvalue weighted by molar-refractivity contribution is 0.102. The van der Waals surface area contributed by atoms with Crippen molar-refractivity contribution < 1.29 is 4.79 Å². The fourth-order valence-corrected chi connectivity index (χ4v) is 2.45. The number of carbonyl (C=O) groups is 1. The van der Waals surface area contributed by atoms with Gasteiger partial charge in [-0.25, -0.2) is 0 Å². The van der Waals surface area contributed by atoms with Crippen LogP contribution in [0, 0.1) is 0 Å². The number of nitrogens with one attached hydrogen (secondary N) is 1. The van der Waals surface area contributed by atoms with Gasteiger partial charge in [0.2, 0.25) is 0 Å². The van der Waals surface area contributed by atoms with Crippen molar-refractivity contribution in [3.63, 3.8) is 0 Å². The highest BCUT2D eigenvalue weighted by atomic mass is 16.1. The largest absolute Gasteiger partial charge is 0.322 e. The molecule has 0 saturated carbocycles. The predicted molar refractivity (Wildman–Crippen MR) is 90.1 cm³/mol. The lowest BCUT2D eigenvalue weighted by Crippen LogP contribution is -2.11. The summed E-state index contributed by atoms with van der Waals surface area (Å²) >= 11 is 0. The van der Waals surface area contributed by atoms with Crippen LogP contribution in [0.3, 0.4) is 0 Å². The first-order valence-electron chi connectivity index (χ1n) is 7.51. The fraction of sp³-hybridized carbons (Fsp3) is 0.158. The minimum absolute atomic E-state index is 0.115. The molecule has 0 spiro atoms. The fourth-order valence-electron chi connectivity index (χ4n) is 2.45. The average Bonchev–Trinajstić information content (AvgIpc) is 2.56. The minimum Gasteiger partial charge on any atom is -0.322 e. The zero-order chi connectivity index (χ0) is 15.4. The Morgan fingerprint density at radius 3 is 2.68 bits per heavy atom. The number of amides is 1. The van der Waals surface area contributed by atoms with Gasteiger partial charge in [0, 0.05) is 22.8 Å². The summed E-state index contributed by atoms with van der Waals surface area (Å²) in [5, 5.41) is 3.96. The molecule has 0 aliphatic carbocycles. The highest BCUT2D eigenvalue weighted by Gasteiger charge is 2.07. The number of hydrogen-bond donors (Lipinski definition) is 1. The number of hydrogen-bond acceptors (Lipinski definition) is 2. The molecule has 1 heterocycles. The van der Waals surface area contributed by atoms with E-state index in [-0.39, 0.29) is 5.91 Å². The van der Waals surface area contributed by atoms with Gasteiger partial charge in [0.25, 0.3) is 5.91 Å². The van der Waals surface area contributed by atoms with Crippen molar-refractivity contribution in [2.24, 2.45) is 0 Å². The molecule has 0 radical (unpaired) electrons. The SMILES string of the molecule is CCCc1ccc(NC(=O)c2ccc3cccnc3c2)cc1. The Bertz CT molecular complexity index is 794. The Labute approximate surface area is 130 Å². The van der Waals surface area contributed by atoms with Crippen LogP contribution in [-0.2, 0) is 6.42 Å². The topological polar surface area (TPSA) is 42.0 Å². The molecule has 0 atom stereocenters. The van der Waals surface area contributed by atoms with Gasteiger partial charge >= 0.3 is 0 Å². The molecule has 3 nitrogen and oxygen atoms in total. The molecule has 1 amide bonds. The number of nitrogens with zero attached hydrogens (tertiary/aromatic N) is 1. The number of anilines is 1. The van der Waals surface area contributed by atoms with Crippen molar-refractivity contribution in [1.29, 1.82) is 0 Å². The van der Waals surface area contributed by atoms with Gasteiger partial charge in [-0.1, -0.05) is 37.6 Å². The van der Waals surface area contributed by atoms with Gasteiger partial charge in [-0.2, -0.15) is 0 Å². The molecule has 3 aromatic rings. The zero-order valence-corrected chi connectivity index (χ0v) is 12.5. The summed E-state index contributed by atoms with van der Waals surface area (Å²) in [6, 6.07) is 17.4. The number of aryl methyl sites for hydroxylation is 1. The van der Waals surface area contributed by atoms with E-state index < -0.39 is 0 Å². The third-order valence-corrected chi connectivity index (χ3v) is 3.62. The standard InChI is InChI=1S/C19H18N2O/c1-2-4-14-6-10-17(11-7-14)21-19(22)16-9-8-15-5-3-12-20-18(15)13-16/h3,5-13H,2,4H2,1H3,(H,21,22). The molecule has 22 heavy (non-hydrogen) atoms. The number of pyridine rings is 1. The number of fused-ring (bicyclic) bond motifs is 1. The van der Waals surface area contributed by atoms with E-state index in [4.69, 9.17) is 0 Å². The van der Waals surface area contributed by atoms with Crippen LogP contribution >= 0.6 is 0 Å². The molecule has 0 saturated heterocycles. The summed E-state index contributed by atoms with van der Waals surface area (Å²) in [6.45, 7) is 2.16. The molecule has 1 N–H and O–H groups in total. The van der Waals surface area contributed by atoms with E-state index in [2.05, 4.69) is 29.4 Å². The first-order chi connectivity index (χ1) is 10.8. The van der Waals surface area contributed by atoms with Crippen molar-refractivity contribution in [3.8, 4) is 0 Å². The summed E-state index contributed by atoms with van der Waals surface area (Å²) in [7, 11) is 0. The van der Waals surface area contributed by atoms with E-state index in [9.17, 15) is 4.79 Å². The van der Waals surface area contributed by atoms with E-state index in [0.717, 1.165) is 29.4 Å². The molecule has 0 bridgehead atoms. The lowest BCUT2D eigenvalue weighted by atomic mass is 10.1.